The van der Waals surface area contributed by atoms with E-state index in [-0.39, 0.29) is 29.2 Å². The smallest absolute Gasteiger partial charge is 0.308 e. The summed E-state index contributed by atoms with van der Waals surface area (Å²) in [6.07, 6.45) is 2.95. The Labute approximate surface area is 190 Å². The summed E-state index contributed by atoms with van der Waals surface area (Å²) < 4.78 is 47.6. The molecule has 0 spiro atoms. The molecule has 0 N–H and O–H groups in total. The Balaban J connectivity index is 1.82. The number of hydrogen-bond acceptors (Lipinski definition) is 4. The first kappa shape index (κ1) is 24.4. The van der Waals surface area contributed by atoms with Crippen LogP contribution in [0.5, 0.6) is 0 Å². The molecule has 174 valence electrons. The van der Waals surface area contributed by atoms with E-state index < -0.39 is 15.8 Å². The minimum Gasteiger partial charge on any atom is -0.466 e. The van der Waals surface area contributed by atoms with Crippen molar-refractivity contribution in [3.05, 3.63) is 65.0 Å². The van der Waals surface area contributed by atoms with Crippen LogP contribution >= 0.6 is 0 Å². The van der Waals surface area contributed by atoms with Crippen LogP contribution in [0.4, 0.5) is 4.39 Å². The number of hydrogen-bond donors (Lipinski definition) is 0. The van der Waals surface area contributed by atoms with E-state index in [0.717, 1.165) is 24.0 Å². The Morgan fingerprint density at radius 1 is 1.06 bits per heavy atom. The first-order valence-electron chi connectivity index (χ1n) is 11.2. The highest BCUT2D eigenvalue weighted by molar-refractivity contribution is 7.89. The van der Waals surface area contributed by atoms with Gasteiger partial charge in [0, 0.05) is 13.1 Å². The Hall–Kier alpha value is -2.25. The predicted octanol–water partition coefficient (Wildman–Crippen LogP) is 5.00. The number of rotatable bonds is 8. The second-order valence-electron chi connectivity index (χ2n) is 8.60. The van der Waals surface area contributed by atoms with Crippen LogP contribution in [-0.2, 0) is 26.1 Å². The maximum absolute atomic E-state index is 13.8. The molecular weight excluding hydrogens is 429 g/mol. The zero-order valence-corrected chi connectivity index (χ0v) is 19.8. The van der Waals surface area contributed by atoms with E-state index in [2.05, 4.69) is 0 Å². The van der Waals surface area contributed by atoms with E-state index in [1.165, 1.54) is 22.5 Å². The highest BCUT2D eigenvalue weighted by atomic mass is 32.2. The SMILES string of the molecule is CCOC(=O)C1CCC(CN(Cc2ccccc2C)S(=O)(=O)c2ccc(F)c(C)c2)CC1. The summed E-state index contributed by atoms with van der Waals surface area (Å²) in [5.41, 5.74) is 2.26. The van der Waals surface area contributed by atoms with Crippen LogP contribution in [0, 0.1) is 31.5 Å². The van der Waals surface area contributed by atoms with Gasteiger partial charge in [0.05, 0.1) is 17.4 Å². The van der Waals surface area contributed by atoms with Crippen molar-refractivity contribution in [1.82, 2.24) is 4.31 Å². The number of nitrogens with zero attached hydrogens (tertiary/aromatic N) is 1. The summed E-state index contributed by atoms with van der Waals surface area (Å²) in [5.74, 6) is -0.530. The average Bonchev–Trinajstić information content (AvgIpc) is 2.77. The zero-order chi connectivity index (χ0) is 23.3. The lowest BCUT2D eigenvalue weighted by molar-refractivity contribution is -0.149. The van der Waals surface area contributed by atoms with Crippen LogP contribution < -0.4 is 0 Å². The van der Waals surface area contributed by atoms with Gasteiger partial charge in [-0.2, -0.15) is 4.31 Å². The van der Waals surface area contributed by atoms with E-state index >= 15 is 0 Å². The molecule has 0 unspecified atom stereocenters. The number of sulfonamides is 1. The largest absolute Gasteiger partial charge is 0.466 e. The molecule has 0 saturated heterocycles. The predicted molar refractivity (Wildman–Crippen MR) is 122 cm³/mol. The number of esters is 1. The van der Waals surface area contributed by atoms with E-state index in [1.807, 2.05) is 31.2 Å². The molecule has 0 atom stereocenters. The summed E-state index contributed by atoms with van der Waals surface area (Å²) in [6.45, 7) is 6.32. The van der Waals surface area contributed by atoms with Gasteiger partial charge in [0.1, 0.15) is 5.82 Å². The molecule has 1 aliphatic carbocycles. The molecule has 2 aromatic rings. The van der Waals surface area contributed by atoms with Gasteiger partial charge in [-0.05, 0) is 87.3 Å². The van der Waals surface area contributed by atoms with Crippen molar-refractivity contribution < 1.29 is 22.3 Å². The molecule has 1 aliphatic rings. The van der Waals surface area contributed by atoms with Gasteiger partial charge in [0.25, 0.3) is 0 Å². The maximum atomic E-state index is 13.8. The third kappa shape index (κ3) is 5.75. The fourth-order valence-electron chi connectivity index (χ4n) is 4.28. The molecule has 0 amide bonds. The third-order valence-electron chi connectivity index (χ3n) is 6.30. The minimum absolute atomic E-state index is 0.102. The highest BCUT2D eigenvalue weighted by Crippen LogP contribution is 2.32. The maximum Gasteiger partial charge on any atom is 0.308 e. The minimum atomic E-state index is -3.82. The van der Waals surface area contributed by atoms with Crippen LogP contribution in [0.1, 0.15) is 49.3 Å². The van der Waals surface area contributed by atoms with Crippen molar-refractivity contribution in [2.45, 2.75) is 57.9 Å². The summed E-state index contributed by atoms with van der Waals surface area (Å²) in [6, 6.07) is 11.7. The van der Waals surface area contributed by atoms with Crippen molar-refractivity contribution in [2.24, 2.45) is 11.8 Å². The molecule has 1 saturated carbocycles. The quantitative estimate of drug-likeness (QED) is 0.519. The molecule has 0 bridgehead atoms. The number of carbonyl (C=O) groups excluding carboxylic acids is 1. The van der Waals surface area contributed by atoms with Gasteiger partial charge in [-0.1, -0.05) is 24.3 Å². The molecular formula is C25H32FNO4S. The van der Waals surface area contributed by atoms with E-state index in [0.29, 0.717) is 31.6 Å². The molecule has 5 nitrogen and oxygen atoms in total. The molecule has 1 fully saturated rings. The lowest BCUT2D eigenvalue weighted by Crippen LogP contribution is -2.37. The lowest BCUT2D eigenvalue weighted by Gasteiger charge is -2.32. The van der Waals surface area contributed by atoms with Gasteiger partial charge in [0.2, 0.25) is 10.0 Å². The molecule has 32 heavy (non-hydrogen) atoms. The van der Waals surface area contributed by atoms with E-state index in [9.17, 15) is 17.6 Å². The fraction of sp³-hybridized carbons (Fsp3) is 0.480. The third-order valence-corrected chi connectivity index (χ3v) is 8.11. The Morgan fingerprint density at radius 3 is 2.38 bits per heavy atom. The number of ether oxygens (including phenoxy) is 1. The van der Waals surface area contributed by atoms with Gasteiger partial charge in [-0.25, -0.2) is 12.8 Å². The van der Waals surface area contributed by atoms with Gasteiger partial charge < -0.3 is 4.74 Å². The Bertz CT molecular complexity index is 1050. The molecule has 0 radical (unpaired) electrons. The zero-order valence-electron chi connectivity index (χ0n) is 19.0. The van der Waals surface area contributed by atoms with Crippen LogP contribution in [0.15, 0.2) is 47.4 Å². The first-order chi connectivity index (χ1) is 15.2. The number of halogens is 1. The fourth-order valence-corrected chi connectivity index (χ4v) is 5.86. The molecule has 0 aromatic heterocycles. The van der Waals surface area contributed by atoms with Crippen LogP contribution in [0.2, 0.25) is 0 Å². The van der Waals surface area contributed by atoms with E-state index in [4.69, 9.17) is 4.74 Å². The van der Waals surface area contributed by atoms with Crippen molar-refractivity contribution in [3.63, 3.8) is 0 Å². The monoisotopic (exact) mass is 461 g/mol. The second-order valence-corrected chi connectivity index (χ2v) is 10.5. The highest BCUT2D eigenvalue weighted by Gasteiger charge is 2.32. The van der Waals surface area contributed by atoms with Gasteiger partial charge in [-0.3, -0.25) is 4.79 Å². The molecule has 0 heterocycles. The van der Waals surface area contributed by atoms with Crippen molar-refractivity contribution in [1.29, 1.82) is 0 Å². The summed E-state index contributed by atoms with van der Waals surface area (Å²) in [5, 5.41) is 0. The number of carbonyl (C=O) groups is 1. The van der Waals surface area contributed by atoms with Crippen molar-refractivity contribution in [2.75, 3.05) is 13.2 Å². The van der Waals surface area contributed by atoms with Gasteiger partial charge in [0.15, 0.2) is 0 Å². The second kappa shape index (κ2) is 10.6. The normalized spacial score (nSPS) is 19.2. The number of benzene rings is 2. The van der Waals surface area contributed by atoms with Crippen LogP contribution in [-0.4, -0.2) is 31.8 Å². The lowest BCUT2D eigenvalue weighted by atomic mass is 9.82. The number of aryl methyl sites for hydroxylation is 2. The Morgan fingerprint density at radius 2 is 1.75 bits per heavy atom. The van der Waals surface area contributed by atoms with Crippen LogP contribution in [0.3, 0.4) is 0 Å². The standard InChI is InChI=1S/C25H32FNO4S/c1-4-31-25(28)21-11-9-20(10-12-21)16-27(17-22-8-6-5-7-18(22)2)32(29,30)23-13-14-24(26)19(3)15-23/h5-8,13-15,20-21H,4,9-12,16-17H2,1-3H3. The first-order valence-corrected chi connectivity index (χ1v) is 12.6. The Kier molecular flexibility index (Phi) is 8.06. The molecule has 7 heteroatoms. The van der Waals surface area contributed by atoms with Crippen LogP contribution in [0.25, 0.3) is 0 Å². The molecule has 0 aliphatic heterocycles. The van der Waals surface area contributed by atoms with Crippen molar-refractivity contribution >= 4 is 16.0 Å². The average molecular weight is 462 g/mol. The summed E-state index contributed by atoms with van der Waals surface area (Å²) in [7, 11) is -3.82. The van der Waals surface area contributed by atoms with E-state index in [1.54, 1.807) is 13.8 Å². The van der Waals surface area contributed by atoms with Gasteiger partial charge in [-0.15, -0.1) is 0 Å². The van der Waals surface area contributed by atoms with Gasteiger partial charge >= 0.3 is 5.97 Å². The summed E-state index contributed by atoms with van der Waals surface area (Å²) >= 11 is 0. The topological polar surface area (TPSA) is 63.7 Å². The molecule has 3 rings (SSSR count). The summed E-state index contributed by atoms with van der Waals surface area (Å²) in [4.78, 5) is 12.2. The van der Waals surface area contributed by atoms with Crippen molar-refractivity contribution in [3.8, 4) is 0 Å². The molecule has 2 aromatic carbocycles.